The van der Waals surface area contributed by atoms with Crippen molar-refractivity contribution in [2.24, 2.45) is 0 Å². The van der Waals surface area contributed by atoms with Crippen LogP contribution in [0.15, 0.2) is 16.7 Å². The minimum absolute atomic E-state index is 0.410. The van der Waals surface area contributed by atoms with E-state index in [-0.39, 0.29) is 0 Å². The summed E-state index contributed by atoms with van der Waals surface area (Å²) in [4.78, 5) is 14.0. The van der Waals surface area contributed by atoms with Gasteiger partial charge in [0.05, 0.1) is 12.2 Å². The van der Waals surface area contributed by atoms with Gasteiger partial charge in [-0.3, -0.25) is 4.90 Å². The van der Waals surface area contributed by atoms with Gasteiger partial charge in [-0.15, -0.1) is 0 Å². The van der Waals surface area contributed by atoms with E-state index in [9.17, 15) is 0 Å². The van der Waals surface area contributed by atoms with E-state index in [0.717, 1.165) is 74.4 Å². The summed E-state index contributed by atoms with van der Waals surface area (Å²) in [6, 6.07) is 4.24. The Labute approximate surface area is 150 Å². The van der Waals surface area contributed by atoms with Gasteiger partial charge in [0, 0.05) is 44.0 Å². The zero-order valence-corrected chi connectivity index (χ0v) is 15.8. The van der Waals surface area contributed by atoms with Crippen molar-refractivity contribution in [3.8, 4) is 0 Å². The minimum Gasteiger partial charge on any atom is -0.360 e. The first kappa shape index (κ1) is 17.9. The Bertz CT molecular complexity index is 689. The van der Waals surface area contributed by atoms with Gasteiger partial charge in [-0.1, -0.05) is 32.3 Å². The molecule has 0 bridgehead atoms. The fraction of sp³-hybridized carbons (Fsp3) is 0.632. The van der Waals surface area contributed by atoms with E-state index in [1.807, 2.05) is 6.92 Å². The summed E-state index contributed by atoms with van der Waals surface area (Å²) < 4.78 is 5.47. The predicted octanol–water partition coefficient (Wildman–Crippen LogP) is 3.17. The Morgan fingerprint density at radius 2 is 1.88 bits per heavy atom. The van der Waals surface area contributed by atoms with Crippen LogP contribution in [0.5, 0.6) is 0 Å². The van der Waals surface area contributed by atoms with Gasteiger partial charge in [-0.2, -0.15) is 0 Å². The zero-order chi connectivity index (χ0) is 17.8. The number of piperazine rings is 1. The average Bonchev–Trinajstić information content (AvgIpc) is 3.04. The molecule has 0 aliphatic carbocycles. The van der Waals surface area contributed by atoms with Gasteiger partial charge < -0.3 is 9.42 Å². The molecule has 25 heavy (non-hydrogen) atoms. The molecule has 0 N–H and O–H groups in total. The van der Waals surface area contributed by atoms with Crippen LogP contribution in [0.25, 0.3) is 0 Å². The Balaban J connectivity index is 1.58. The molecular weight excluding hydrogens is 314 g/mol. The number of hydrogen-bond acceptors (Lipinski definition) is 6. The lowest BCUT2D eigenvalue weighted by Crippen LogP contribution is -2.46. The van der Waals surface area contributed by atoms with Crippen molar-refractivity contribution in [2.45, 2.75) is 53.0 Å². The van der Waals surface area contributed by atoms with E-state index in [0.29, 0.717) is 5.92 Å². The fourth-order valence-corrected chi connectivity index (χ4v) is 3.19. The summed E-state index contributed by atoms with van der Waals surface area (Å²) in [5.74, 6) is 3.30. The van der Waals surface area contributed by atoms with Gasteiger partial charge in [0.15, 0.2) is 5.76 Å². The monoisotopic (exact) mass is 343 g/mol. The first-order valence-corrected chi connectivity index (χ1v) is 9.32. The molecule has 0 unspecified atom stereocenters. The van der Waals surface area contributed by atoms with Crippen molar-refractivity contribution in [3.05, 3.63) is 35.1 Å². The highest BCUT2D eigenvalue weighted by Crippen LogP contribution is 2.19. The molecule has 0 aromatic carbocycles. The average molecular weight is 343 g/mol. The van der Waals surface area contributed by atoms with Crippen LogP contribution in [-0.2, 0) is 13.0 Å². The third-order valence-corrected chi connectivity index (χ3v) is 4.63. The molecule has 1 aliphatic heterocycles. The van der Waals surface area contributed by atoms with E-state index >= 15 is 0 Å². The van der Waals surface area contributed by atoms with Gasteiger partial charge in [0.1, 0.15) is 11.6 Å². The second-order valence-electron chi connectivity index (χ2n) is 7.15. The fourth-order valence-electron chi connectivity index (χ4n) is 3.19. The second-order valence-corrected chi connectivity index (χ2v) is 7.15. The molecule has 2 aromatic heterocycles. The van der Waals surface area contributed by atoms with E-state index in [2.05, 4.69) is 57.8 Å². The molecule has 6 nitrogen and oxygen atoms in total. The quantitative estimate of drug-likeness (QED) is 0.803. The summed E-state index contributed by atoms with van der Waals surface area (Å²) in [5.41, 5.74) is 2.18. The van der Waals surface area contributed by atoms with Crippen LogP contribution in [0.4, 0.5) is 5.82 Å². The molecular formula is C19H29N5O. The largest absolute Gasteiger partial charge is 0.360 e. The number of nitrogens with zero attached hydrogens (tertiary/aromatic N) is 5. The van der Waals surface area contributed by atoms with Crippen LogP contribution in [0.1, 0.15) is 56.1 Å². The maximum Gasteiger partial charge on any atom is 0.150 e. The number of aromatic nitrogens is 3. The van der Waals surface area contributed by atoms with Gasteiger partial charge >= 0.3 is 0 Å². The van der Waals surface area contributed by atoms with Gasteiger partial charge in [-0.05, 0) is 19.3 Å². The maximum absolute atomic E-state index is 5.47. The van der Waals surface area contributed by atoms with Crippen LogP contribution in [0, 0.1) is 6.92 Å². The van der Waals surface area contributed by atoms with Crippen LogP contribution < -0.4 is 4.90 Å². The first-order chi connectivity index (χ1) is 12.0. The Hall–Kier alpha value is -1.95. The van der Waals surface area contributed by atoms with Crippen molar-refractivity contribution < 1.29 is 4.52 Å². The minimum atomic E-state index is 0.410. The number of aryl methyl sites for hydroxylation is 2. The normalized spacial score (nSPS) is 16.0. The highest BCUT2D eigenvalue weighted by atomic mass is 16.5. The summed E-state index contributed by atoms with van der Waals surface area (Å²) in [6.07, 6.45) is 2.12. The van der Waals surface area contributed by atoms with Crippen molar-refractivity contribution in [1.29, 1.82) is 0 Å². The van der Waals surface area contributed by atoms with Crippen LogP contribution >= 0.6 is 0 Å². The summed E-state index contributed by atoms with van der Waals surface area (Å²) in [6.45, 7) is 13.2. The van der Waals surface area contributed by atoms with Crippen molar-refractivity contribution in [1.82, 2.24) is 20.0 Å². The molecule has 136 valence electrons. The summed E-state index contributed by atoms with van der Waals surface area (Å²) >= 11 is 0. The highest BCUT2D eigenvalue weighted by Gasteiger charge is 2.20. The molecule has 6 heteroatoms. The molecule has 1 fully saturated rings. The molecule has 0 atom stereocenters. The number of hydrogen-bond donors (Lipinski definition) is 0. The molecule has 0 saturated carbocycles. The number of rotatable bonds is 6. The van der Waals surface area contributed by atoms with Gasteiger partial charge in [0.2, 0.25) is 0 Å². The maximum atomic E-state index is 5.47. The van der Waals surface area contributed by atoms with Gasteiger partial charge in [-0.25, -0.2) is 9.97 Å². The van der Waals surface area contributed by atoms with Gasteiger partial charge in [0.25, 0.3) is 0 Å². The third-order valence-electron chi connectivity index (χ3n) is 4.63. The predicted molar refractivity (Wildman–Crippen MR) is 98.8 cm³/mol. The summed E-state index contributed by atoms with van der Waals surface area (Å²) in [7, 11) is 0. The molecule has 0 radical (unpaired) electrons. The van der Waals surface area contributed by atoms with Crippen molar-refractivity contribution in [3.63, 3.8) is 0 Å². The van der Waals surface area contributed by atoms with Crippen LogP contribution in [0.3, 0.4) is 0 Å². The molecule has 2 aromatic rings. The Morgan fingerprint density at radius 3 is 2.52 bits per heavy atom. The highest BCUT2D eigenvalue weighted by molar-refractivity contribution is 5.40. The topological polar surface area (TPSA) is 58.3 Å². The van der Waals surface area contributed by atoms with Crippen LogP contribution in [-0.4, -0.2) is 46.2 Å². The third kappa shape index (κ3) is 4.57. The van der Waals surface area contributed by atoms with E-state index < -0.39 is 0 Å². The van der Waals surface area contributed by atoms with E-state index in [1.54, 1.807) is 0 Å². The first-order valence-electron chi connectivity index (χ1n) is 9.32. The smallest absolute Gasteiger partial charge is 0.150 e. The van der Waals surface area contributed by atoms with Crippen molar-refractivity contribution >= 4 is 5.82 Å². The molecule has 3 rings (SSSR count). The number of anilines is 1. The Morgan fingerprint density at radius 1 is 1.12 bits per heavy atom. The standard InChI is InChI=1S/C19H29N5O/c1-5-6-16-11-19(21-15(4)20-16)24-9-7-23(8-10-24)13-17-12-18(14(2)3)22-25-17/h11-12,14H,5-10,13H2,1-4H3. The Kier molecular flexibility index (Phi) is 5.68. The molecule has 1 saturated heterocycles. The lowest BCUT2D eigenvalue weighted by molar-refractivity contribution is 0.219. The zero-order valence-electron chi connectivity index (χ0n) is 15.8. The van der Waals surface area contributed by atoms with Crippen LogP contribution in [0.2, 0.25) is 0 Å². The molecule has 0 spiro atoms. The lowest BCUT2D eigenvalue weighted by atomic mass is 10.1. The summed E-state index contributed by atoms with van der Waals surface area (Å²) in [5, 5.41) is 4.15. The lowest BCUT2D eigenvalue weighted by Gasteiger charge is -2.35. The molecule has 1 aliphatic rings. The molecule has 0 amide bonds. The molecule has 3 heterocycles. The van der Waals surface area contributed by atoms with E-state index in [1.165, 1.54) is 0 Å². The second kappa shape index (κ2) is 7.95. The SMILES string of the molecule is CCCc1cc(N2CCN(Cc3cc(C(C)C)no3)CC2)nc(C)n1. The van der Waals surface area contributed by atoms with Crippen molar-refractivity contribution in [2.75, 3.05) is 31.1 Å². The van der Waals surface area contributed by atoms with E-state index in [4.69, 9.17) is 4.52 Å².